The average Bonchev–Trinajstić information content (AvgIpc) is 3.20. The first kappa shape index (κ1) is 13.9. The number of hydrogen-bond acceptors (Lipinski definition) is 5. The van der Waals surface area contributed by atoms with Crippen molar-refractivity contribution in [3.05, 3.63) is 48.9 Å². The zero-order chi connectivity index (χ0) is 15.3. The third-order valence-corrected chi connectivity index (χ3v) is 5.71. The molecule has 0 radical (unpaired) electrons. The molecule has 0 aromatic carbocycles. The van der Waals surface area contributed by atoms with Gasteiger partial charge in [0.05, 0.1) is 6.54 Å². The second kappa shape index (κ2) is 4.89. The molecule has 0 aliphatic carbocycles. The van der Waals surface area contributed by atoms with E-state index in [1.807, 2.05) is 17.5 Å². The number of aromatic nitrogens is 3. The fourth-order valence-corrected chi connectivity index (χ4v) is 4.38. The monoisotopic (exact) mass is 318 g/mol. The maximum Gasteiger partial charge on any atom is 0.332 e. The summed E-state index contributed by atoms with van der Waals surface area (Å²) in [6.07, 6.45) is 1.91. The molecule has 1 saturated heterocycles. The van der Waals surface area contributed by atoms with Crippen LogP contribution in [0.15, 0.2) is 27.1 Å². The molecule has 1 fully saturated rings. The Morgan fingerprint density at radius 2 is 2.09 bits per heavy atom. The van der Waals surface area contributed by atoms with Crippen molar-refractivity contribution in [3.8, 4) is 0 Å². The molecule has 6 nitrogen and oxygen atoms in total. The van der Waals surface area contributed by atoms with Gasteiger partial charge in [-0.1, -0.05) is 6.07 Å². The summed E-state index contributed by atoms with van der Waals surface area (Å²) in [6, 6.07) is 3.90. The normalized spacial score (nSPS) is 24.2. The Labute approximate surface area is 131 Å². The van der Waals surface area contributed by atoms with Crippen molar-refractivity contribution >= 4 is 11.3 Å². The Kier molecular flexibility index (Phi) is 3.09. The summed E-state index contributed by atoms with van der Waals surface area (Å²) in [6.45, 7) is 2.92. The molecule has 1 spiro atoms. The third-order valence-electron chi connectivity index (χ3n) is 4.85. The van der Waals surface area contributed by atoms with Gasteiger partial charge in [-0.25, -0.2) is 4.68 Å². The Morgan fingerprint density at radius 1 is 1.27 bits per heavy atom. The Morgan fingerprint density at radius 3 is 2.77 bits per heavy atom. The molecule has 0 bridgehead atoms. The summed E-state index contributed by atoms with van der Waals surface area (Å²) in [5, 5.41) is 6.57. The highest BCUT2D eigenvalue weighted by Gasteiger charge is 2.46. The molecule has 1 unspecified atom stereocenters. The number of nitrogens with zero attached hydrogens (tertiary/aromatic N) is 4. The molecular weight excluding hydrogens is 300 g/mol. The van der Waals surface area contributed by atoms with Crippen molar-refractivity contribution in [1.29, 1.82) is 0 Å². The molecule has 0 N–H and O–H groups in total. The van der Waals surface area contributed by atoms with Gasteiger partial charge in [0, 0.05) is 23.4 Å². The van der Waals surface area contributed by atoms with E-state index in [4.69, 9.17) is 0 Å². The highest BCUT2D eigenvalue weighted by molar-refractivity contribution is 7.09. The van der Waals surface area contributed by atoms with E-state index in [2.05, 4.69) is 17.0 Å². The summed E-state index contributed by atoms with van der Waals surface area (Å²) < 4.78 is 2.96. The summed E-state index contributed by atoms with van der Waals surface area (Å²) in [5.74, 6) is 0.804. The van der Waals surface area contributed by atoms with Crippen LogP contribution in [0.1, 0.15) is 23.5 Å². The minimum Gasteiger partial charge on any atom is -0.305 e. The van der Waals surface area contributed by atoms with Crippen molar-refractivity contribution in [3.63, 3.8) is 0 Å². The third kappa shape index (κ3) is 1.99. The van der Waals surface area contributed by atoms with E-state index in [0.717, 1.165) is 36.6 Å². The van der Waals surface area contributed by atoms with Crippen LogP contribution in [-0.4, -0.2) is 39.4 Å². The fourth-order valence-electron chi connectivity index (χ4n) is 3.70. The molecule has 0 amide bonds. The first-order chi connectivity index (χ1) is 10.6. The van der Waals surface area contributed by atoms with Crippen molar-refractivity contribution < 1.29 is 0 Å². The second-order valence-corrected chi connectivity index (χ2v) is 7.37. The fraction of sp³-hybridized carbons (Fsp3) is 0.533. The van der Waals surface area contributed by atoms with Crippen LogP contribution in [0, 0.1) is 0 Å². The van der Waals surface area contributed by atoms with Gasteiger partial charge in [-0.15, -0.1) is 11.3 Å². The lowest BCUT2D eigenvalue weighted by Crippen LogP contribution is -2.45. The lowest BCUT2D eigenvalue weighted by Gasteiger charge is -2.22. The number of rotatable bonds is 2. The van der Waals surface area contributed by atoms with Gasteiger partial charge in [0.15, 0.2) is 0 Å². The van der Waals surface area contributed by atoms with Gasteiger partial charge in [-0.2, -0.15) is 5.10 Å². The lowest BCUT2D eigenvalue weighted by atomic mass is 9.85. The molecule has 7 heteroatoms. The summed E-state index contributed by atoms with van der Waals surface area (Å²) in [5.41, 5.74) is -0.993. The van der Waals surface area contributed by atoms with Crippen molar-refractivity contribution in [1.82, 2.24) is 19.2 Å². The SMILES string of the molecule is CN1CCC2(CCn3c2nn(Cc2cccs2)c(=O)c3=O)C1. The number of thiophene rings is 1. The van der Waals surface area contributed by atoms with Gasteiger partial charge < -0.3 is 4.90 Å². The predicted octanol–water partition coefficient (Wildman–Crippen LogP) is 0.492. The number of likely N-dealkylation sites (tertiary alicyclic amines) is 1. The molecule has 1 atom stereocenters. The van der Waals surface area contributed by atoms with Gasteiger partial charge >= 0.3 is 11.1 Å². The van der Waals surface area contributed by atoms with E-state index in [-0.39, 0.29) is 5.41 Å². The van der Waals surface area contributed by atoms with Crippen molar-refractivity contribution in [2.24, 2.45) is 0 Å². The van der Waals surface area contributed by atoms with Crippen LogP contribution in [0.2, 0.25) is 0 Å². The average molecular weight is 318 g/mol. The minimum absolute atomic E-state index is 0.0567. The summed E-state index contributed by atoms with van der Waals surface area (Å²) in [7, 11) is 2.09. The first-order valence-corrected chi connectivity index (χ1v) is 8.40. The minimum atomic E-state index is -0.513. The van der Waals surface area contributed by atoms with Gasteiger partial charge in [0.25, 0.3) is 0 Å². The highest BCUT2D eigenvalue weighted by Crippen LogP contribution is 2.39. The van der Waals surface area contributed by atoms with Crippen LogP contribution < -0.4 is 11.1 Å². The molecule has 2 aromatic rings. The number of fused-ring (bicyclic) bond motifs is 2. The van der Waals surface area contributed by atoms with E-state index >= 15 is 0 Å². The van der Waals surface area contributed by atoms with Crippen molar-refractivity contribution in [2.75, 3.05) is 20.1 Å². The van der Waals surface area contributed by atoms with Crippen LogP contribution in [0.5, 0.6) is 0 Å². The van der Waals surface area contributed by atoms with Gasteiger partial charge in [0.1, 0.15) is 5.82 Å². The smallest absolute Gasteiger partial charge is 0.305 e. The molecule has 22 heavy (non-hydrogen) atoms. The molecule has 4 heterocycles. The van der Waals surface area contributed by atoms with E-state index in [1.165, 1.54) is 4.68 Å². The molecule has 2 aromatic heterocycles. The van der Waals surface area contributed by atoms with Gasteiger partial charge in [0.2, 0.25) is 0 Å². The molecular formula is C15H18N4O2S. The maximum absolute atomic E-state index is 12.4. The second-order valence-electron chi connectivity index (χ2n) is 6.34. The number of hydrogen-bond donors (Lipinski definition) is 0. The van der Waals surface area contributed by atoms with E-state index in [0.29, 0.717) is 13.1 Å². The van der Waals surface area contributed by atoms with E-state index < -0.39 is 11.1 Å². The van der Waals surface area contributed by atoms with Crippen LogP contribution in [-0.2, 0) is 18.5 Å². The summed E-state index contributed by atoms with van der Waals surface area (Å²) >= 11 is 1.57. The molecule has 2 aliphatic rings. The number of likely N-dealkylation sites (N-methyl/N-ethyl adjacent to an activating group) is 1. The predicted molar refractivity (Wildman–Crippen MR) is 84.6 cm³/mol. The van der Waals surface area contributed by atoms with Crippen LogP contribution in [0.4, 0.5) is 0 Å². The Balaban J connectivity index is 1.83. The lowest BCUT2D eigenvalue weighted by molar-refractivity contribution is 0.357. The molecule has 116 valence electrons. The Hall–Kier alpha value is -1.73. The van der Waals surface area contributed by atoms with E-state index in [9.17, 15) is 9.59 Å². The molecule has 2 aliphatic heterocycles. The largest absolute Gasteiger partial charge is 0.332 e. The van der Waals surface area contributed by atoms with Crippen LogP contribution in [0.3, 0.4) is 0 Å². The topological polar surface area (TPSA) is 60.1 Å². The van der Waals surface area contributed by atoms with Crippen LogP contribution >= 0.6 is 11.3 Å². The summed E-state index contributed by atoms with van der Waals surface area (Å²) in [4.78, 5) is 28.0. The van der Waals surface area contributed by atoms with Crippen molar-refractivity contribution in [2.45, 2.75) is 31.3 Å². The van der Waals surface area contributed by atoms with Crippen LogP contribution in [0.25, 0.3) is 0 Å². The quantitative estimate of drug-likeness (QED) is 0.756. The Bertz CT molecular complexity index is 823. The van der Waals surface area contributed by atoms with Gasteiger partial charge in [-0.05, 0) is 37.9 Å². The van der Waals surface area contributed by atoms with Gasteiger partial charge in [-0.3, -0.25) is 14.2 Å². The zero-order valence-electron chi connectivity index (χ0n) is 12.5. The standard InChI is InChI=1S/C15H18N4O2S/c1-17-6-4-15(10-17)5-7-18-12(20)13(21)19(16-14(15)18)9-11-3-2-8-22-11/h2-3,8H,4-7,9-10H2,1H3. The molecule has 4 rings (SSSR count). The molecule has 0 saturated carbocycles. The maximum atomic E-state index is 12.4. The first-order valence-electron chi connectivity index (χ1n) is 7.52. The zero-order valence-corrected chi connectivity index (χ0v) is 13.3. The van der Waals surface area contributed by atoms with E-state index in [1.54, 1.807) is 15.9 Å². The highest BCUT2D eigenvalue weighted by atomic mass is 32.1.